The number of piperazine rings is 1. The van der Waals surface area contributed by atoms with Crippen molar-refractivity contribution >= 4 is 11.9 Å². The molecular weight excluding hydrogens is 316 g/mol. The van der Waals surface area contributed by atoms with E-state index in [4.69, 9.17) is 9.73 Å². The Morgan fingerprint density at radius 1 is 1.20 bits per heavy atom. The molecule has 0 bridgehead atoms. The SMILES string of the molecule is CCCOc1cccc(CN=C(NCC)N2CCN(C(C)=O)CC2)c1. The molecule has 6 heteroatoms. The minimum atomic E-state index is 0.144. The number of benzene rings is 1. The molecule has 1 aromatic rings. The van der Waals surface area contributed by atoms with Gasteiger partial charge in [0.05, 0.1) is 13.2 Å². The lowest BCUT2D eigenvalue weighted by atomic mass is 10.2. The first kappa shape index (κ1) is 19.1. The number of carbonyl (C=O) groups excluding carboxylic acids is 1. The molecule has 1 amide bonds. The molecule has 0 radical (unpaired) electrons. The van der Waals surface area contributed by atoms with E-state index in [0.29, 0.717) is 6.54 Å². The van der Waals surface area contributed by atoms with E-state index in [0.717, 1.165) is 63.0 Å². The molecule has 1 N–H and O–H groups in total. The zero-order valence-corrected chi connectivity index (χ0v) is 15.6. The van der Waals surface area contributed by atoms with Crippen LogP contribution in [0.2, 0.25) is 0 Å². The van der Waals surface area contributed by atoms with Gasteiger partial charge in [-0.3, -0.25) is 4.79 Å². The van der Waals surface area contributed by atoms with Gasteiger partial charge in [0, 0.05) is 39.6 Å². The number of ether oxygens (including phenoxy) is 1. The molecule has 1 saturated heterocycles. The van der Waals surface area contributed by atoms with Gasteiger partial charge in [-0.05, 0) is 31.0 Å². The normalized spacial score (nSPS) is 15.2. The highest BCUT2D eigenvalue weighted by molar-refractivity contribution is 5.80. The lowest BCUT2D eigenvalue weighted by Gasteiger charge is -2.36. The highest BCUT2D eigenvalue weighted by Gasteiger charge is 2.20. The Morgan fingerprint density at radius 2 is 1.92 bits per heavy atom. The van der Waals surface area contributed by atoms with Crippen LogP contribution in [0.3, 0.4) is 0 Å². The van der Waals surface area contributed by atoms with E-state index in [2.05, 4.69) is 36.2 Å². The second-order valence-electron chi connectivity index (χ2n) is 6.16. The summed E-state index contributed by atoms with van der Waals surface area (Å²) in [6.45, 7) is 11.1. The monoisotopic (exact) mass is 346 g/mol. The molecule has 25 heavy (non-hydrogen) atoms. The van der Waals surface area contributed by atoms with Gasteiger partial charge in [0.15, 0.2) is 5.96 Å². The predicted molar refractivity (Wildman–Crippen MR) is 101 cm³/mol. The number of hydrogen-bond donors (Lipinski definition) is 1. The second kappa shape index (κ2) is 9.91. The van der Waals surface area contributed by atoms with Gasteiger partial charge in [-0.25, -0.2) is 4.99 Å². The molecule has 1 aromatic carbocycles. The van der Waals surface area contributed by atoms with Crippen LogP contribution in [0.1, 0.15) is 32.8 Å². The summed E-state index contributed by atoms with van der Waals surface area (Å²) in [6.07, 6.45) is 0.999. The van der Waals surface area contributed by atoms with E-state index < -0.39 is 0 Å². The minimum absolute atomic E-state index is 0.144. The molecule has 0 saturated carbocycles. The smallest absolute Gasteiger partial charge is 0.219 e. The molecular formula is C19H30N4O2. The van der Waals surface area contributed by atoms with E-state index in [1.54, 1.807) is 6.92 Å². The molecule has 0 spiro atoms. The lowest BCUT2D eigenvalue weighted by Crippen LogP contribution is -2.53. The maximum atomic E-state index is 11.5. The van der Waals surface area contributed by atoms with Crippen LogP contribution in [0.5, 0.6) is 5.75 Å². The Labute approximate surface area is 150 Å². The molecule has 1 aliphatic heterocycles. The Morgan fingerprint density at radius 3 is 2.56 bits per heavy atom. The molecule has 1 heterocycles. The van der Waals surface area contributed by atoms with Crippen LogP contribution in [0.4, 0.5) is 0 Å². The fraction of sp³-hybridized carbons (Fsp3) is 0.579. The van der Waals surface area contributed by atoms with Crippen molar-refractivity contribution in [1.82, 2.24) is 15.1 Å². The molecule has 0 unspecified atom stereocenters. The summed E-state index contributed by atoms with van der Waals surface area (Å²) in [5.74, 6) is 1.95. The van der Waals surface area contributed by atoms with Gasteiger partial charge in [0.2, 0.25) is 5.91 Å². The number of guanidine groups is 1. The Hall–Kier alpha value is -2.24. The van der Waals surface area contributed by atoms with Gasteiger partial charge in [0.1, 0.15) is 5.75 Å². The van der Waals surface area contributed by atoms with E-state index in [-0.39, 0.29) is 5.91 Å². The van der Waals surface area contributed by atoms with Crippen molar-refractivity contribution in [3.05, 3.63) is 29.8 Å². The van der Waals surface area contributed by atoms with Crippen molar-refractivity contribution in [1.29, 1.82) is 0 Å². The zero-order chi connectivity index (χ0) is 18.1. The van der Waals surface area contributed by atoms with Crippen molar-refractivity contribution in [3.63, 3.8) is 0 Å². The molecule has 1 fully saturated rings. The van der Waals surface area contributed by atoms with Crippen molar-refractivity contribution < 1.29 is 9.53 Å². The zero-order valence-electron chi connectivity index (χ0n) is 15.6. The average Bonchev–Trinajstić information content (AvgIpc) is 2.64. The summed E-state index contributed by atoms with van der Waals surface area (Å²) in [5.41, 5.74) is 1.13. The van der Waals surface area contributed by atoms with Gasteiger partial charge >= 0.3 is 0 Å². The van der Waals surface area contributed by atoms with Crippen LogP contribution in [0, 0.1) is 0 Å². The summed E-state index contributed by atoms with van der Waals surface area (Å²) in [5, 5.41) is 3.36. The first-order valence-electron chi connectivity index (χ1n) is 9.14. The van der Waals surface area contributed by atoms with Gasteiger partial charge in [-0.1, -0.05) is 19.1 Å². The first-order chi connectivity index (χ1) is 12.1. The average molecular weight is 346 g/mol. The lowest BCUT2D eigenvalue weighted by molar-refractivity contribution is -0.130. The Kier molecular flexibility index (Phi) is 7.57. The van der Waals surface area contributed by atoms with Crippen LogP contribution in [0.15, 0.2) is 29.3 Å². The first-order valence-corrected chi connectivity index (χ1v) is 9.14. The quantitative estimate of drug-likeness (QED) is 0.633. The van der Waals surface area contributed by atoms with Gasteiger partial charge in [-0.2, -0.15) is 0 Å². The molecule has 138 valence electrons. The highest BCUT2D eigenvalue weighted by atomic mass is 16.5. The van der Waals surface area contributed by atoms with E-state index in [9.17, 15) is 4.79 Å². The topological polar surface area (TPSA) is 57.2 Å². The largest absolute Gasteiger partial charge is 0.494 e. The third-order valence-corrected chi connectivity index (χ3v) is 4.14. The number of aliphatic imine (C=N–C) groups is 1. The van der Waals surface area contributed by atoms with Gasteiger partial charge < -0.3 is 19.9 Å². The Bertz CT molecular complexity index is 581. The molecule has 0 aliphatic carbocycles. The van der Waals surface area contributed by atoms with E-state index >= 15 is 0 Å². The predicted octanol–water partition coefficient (Wildman–Crippen LogP) is 2.10. The number of rotatable bonds is 6. The Balaban J connectivity index is 1.99. The summed E-state index contributed by atoms with van der Waals surface area (Å²) in [6, 6.07) is 8.11. The summed E-state index contributed by atoms with van der Waals surface area (Å²) in [4.78, 5) is 20.3. The fourth-order valence-corrected chi connectivity index (χ4v) is 2.78. The molecule has 1 aliphatic rings. The van der Waals surface area contributed by atoms with Crippen molar-refractivity contribution in [2.24, 2.45) is 4.99 Å². The van der Waals surface area contributed by atoms with Crippen molar-refractivity contribution in [2.45, 2.75) is 33.7 Å². The van der Waals surface area contributed by atoms with E-state index in [1.165, 1.54) is 0 Å². The van der Waals surface area contributed by atoms with Crippen LogP contribution < -0.4 is 10.1 Å². The molecule has 0 aromatic heterocycles. The number of nitrogens with zero attached hydrogens (tertiary/aromatic N) is 3. The number of amides is 1. The third-order valence-electron chi connectivity index (χ3n) is 4.14. The molecule has 0 atom stereocenters. The third kappa shape index (κ3) is 5.96. The highest BCUT2D eigenvalue weighted by Crippen LogP contribution is 2.14. The van der Waals surface area contributed by atoms with Gasteiger partial charge in [-0.15, -0.1) is 0 Å². The maximum Gasteiger partial charge on any atom is 0.219 e. The minimum Gasteiger partial charge on any atom is -0.494 e. The van der Waals surface area contributed by atoms with Crippen LogP contribution >= 0.6 is 0 Å². The van der Waals surface area contributed by atoms with Crippen LogP contribution in [0.25, 0.3) is 0 Å². The second-order valence-corrected chi connectivity index (χ2v) is 6.16. The number of hydrogen-bond acceptors (Lipinski definition) is 3. The fourth-order valence-electron chi connectivity index (χ4n) is 2.78. The molecule has 6 nitrogen and oxygen atoms in total. The number of nitrogens with one attached hydrogen (secondary N) is 1. The summed E-state index contributed by atoms with van der Waals surface area (Å²) in [7, 11) is 0. The maximum absolute atomic E-state index is 11.5. The van der Waals surface area contributed by atoms with Crippen molar-refractivity contribution in [2.75, 3.05) is 39.3 Å². The number of carbonyl (C=O) groups is 1. The summed E-state index contributed by atoms with van der Waals surface area (Å²) < 4.78 is 5.69. The van der Waals surface area contributed by atoms with E-state index in [1.807, 2.05) is 17.0 Å². The van der Waals surface area contributed by atoms with Crippen LogP contribution in [-0.4, -0.2) is 61.0 Å². The van der Waals surface area contributed by atoms with Crippen molar-refractivity contribution in [3.8, 4) is 5.75 Å². The summed E-state index contributed by atoms with van der Waals surface area (Å²) >= 11 is 0. The van der Waals surface area contributed by atoms with Crippen LogP contribution in [-0.2, 0) is 11.3 Å². The molecule has 2 rings (SSSR count). The van der Waals surface area contributed by atoms with Gasteiger partial charge in [0.25, 0.3) is 0 Å². The standard InChI is InChI=1S/C19H30N4O2/c1-4-13-25-18-8-6-7-17(14-18)15-21-19(20-5-2)23-11-9-22(10-12-23)16(3)24/h6-8,14H,4-5,9-13,15H2,1-3H3,(H,20,21).